The summed E-state index contributed by atoms with van der Waals surface area (Å²) in [4.78, 5) is 25.6. The highest BCUT2D eigenvalue weighted by molar-refractivity contribution is 6.30. The van der Waals surface area contributed by atoms with Crippen LogP contribution in [0.25, 0.3) is 11.4 Å². The molecule has 0 amide bonds. The zero-order valence-corrected chi connectivity index (χ0v) is 17.2. The molecule has 0 saturated carbocycles. The first-order valence-electron chi connectivity index (χ1n) is 9.80. The van der Waals surface area contributed by atoms with Gasteiger partial charge in [-0.05, 0) is 56.9 Å². The van der Waals surface area contributed by atoms with E-state index in [1.54, 1.807) is 19.2 Å². The van der Waals surface area contributed by atoms with Crippen molar-refractivity contribution in [1.29, 1.82) is 0 Å². The lowest BCUT2D eigenvalue weighted by molar-refractivity contribution is 0.0527. The number of aromatic nitrogens is 3. The van der Waals surface area contributed by atoms with Crippen molar-refractivity contribution in [1.82, 2.24) is 15.0 Å². The smallest absolute Gasteiger partial charge is 0.341 e. The number of halogens is 2. The summed E-state index contributed by atoms with van der Waals surface area (Å²) in [6, 6.07) is 5.99. The van der Waals surface area contributed by atoms with E-state index in [2.05, 4.69) is 20.3 Å². The number of anilines is 2. The van der Waals surface area contributed by atoms with E-state index < -0.39 is 11.8 Å². The van der Waals surface area contributed by atoms with Crippen LogP contribution in [0, 0.1) is 5.82 Å². The molecule has 0 saturated heterocycles. The van der Waals surface area contributed by atoms with Gasteiger partial charge in [-0.3, -0.25) is 4.98 Å². The summed E-state index contributed by atoms with van der Waals surface area (Å²) >= 11 is 6.07. The van der Waals surface area contributed by atoms with Crippen molar-refractivity contribution in [3.8, 4) is 11.4 Å². The molecule has 3 aromatic rings. The van der Waals surface area contributed by atoms with E-state index in [0.717, 1.165) is 36.9 Å². The second-order valence-corrected chi connectivity index (χ2v) is 7.36. The van der Waals surface area contributed by atoms with Gasteiger partial charge in [-0.25, -0.2) is 19.2 Å². The van der Waals surface area contributed by atoms with Crippen LogP contribution in [0.4, 0.5) is 15.9 Å². The van der Waals surface area contributed by atoms with E-state index in [-0.39, 0.29) is 18.0 Å². The Morgan fingerprint density at radius 2 is 2.07 bits per heavy atom. The monoisotopic (exact) mass is 426 g/mol. The van der Waals surface area contributed by atoms with Crippen LogP contribution in [0.1, 0.15) is 41.4 Å². The number of aryl methyl sites for hydroxylation is 1. The van der Waals surface area contributed by atoms with Gasteiger partial charge in [-0.15, -0.1) is 0 Å². The second-order valence-electron chi connectivity index (χ2n) is 6.92. The minimum Gasteiger partial charge on any atom is -0.462 e. The van der Waals surface area contributed by atoms with Crippen LogP contribution in [0.2, 0.25) is 5.02 Å². The van der Waals surface area contributed by atoms with E-state index in [0.29, 0.717) is 22.1 Å². The van der Waals surface area contributed by atoms with Crippen molar-refractivity contribution >= 4 is 29.1 Å². The first kappa shape index (κ1) is 20.2. The molecule has 4 rings (SSSR count). The Morgan fingerprint density at radius 3 is 2.90 bits per heavy atom. The summed E-state index contributed by atoms with van der Waals surface area (Å²) in [6.07, 6.45) is 6.63. The third-order valence-corrected chi connectivity index (χ3v) is 5.16. The van der Waals surface area contributed by atoms with Crippen LogP contribution >= 0.6 is 11.6 Å². The quantitative estimate of drug-likeness (QED) is 0.570. The second kappa shape index (κ2) is 8.75. The number of esters is 1. The number of benzene rings is 1. The SMILES string of the molecule is CCOC(=O)c1cnccc1Nc1nc(-c2cc(Cl)ccc2F)nc2c1CCCC2. The van der Waals surface area contributed by atoms with Crippen LogP contribution in [0.5, 0.6) is 0 Å². The molecule has 0 spiro atoms. The van der Waals surface area contributed by atoms with E-state index >= 15 is 0 Å². The van der Waals surface area contributed by atoms with Gasteiger partial charge in [0, 0.05) is 28.7 Å². The summed E-state index contributed by atoms with van der Waals surface area (Å²) in [6.45, 7) is 2.00. The third kappa shape index (κ3) is 4.11. The Labute approximate surface area is 178 Å². The van der Waals surface area contributed by atoms with Crippen molar-refractivity contribution in [2.24, 2.45) is 0 Å². The maximum atomic E-state index is 14.5. The molecule has 154 valence electrons. The van der Waals surface area contributed by atoms with E-state index in [1.807, 2.05) is 0 Å². The standard InChI is InChI=1S/C22H20ClFN4O2/c1-2-30-22(29)16-12-25-10-9-19(16)27-20-14-5-3-4-6-18(14)26-21(28-20)15-11-13(23)7-8-17(15)24/h7-12H,2-6H2,1H3,(H,25,26,27,28). The van der Waals surface area contributed by atoms with Crippen molar-refractivity contribution in [2.75, 3.05) is 11.9 Å². The number of rotatable bonds is 5. The van der Waals surface area contributed by atoms with Crippen LogP contribution in [0.15, 0.2) is 36.7 Å². The molecule has 1 aliphatic carbocycles. The number of hydrogen-bond donors (Lipinski definition) is 1. The minimum atomic E-state index is -0.475. The molecule has 2 heterocycles. The lowest BCUT2D eigenvalue weighted by Crippen LogP contribution is -2.14. The molecule has 0 fully saturated rings. The average molecular weight is 427 g/mol. The van der Waals surface area contributed by atoms with Gasteiger partial charge in [0.05, 0.1) is 17.9 Å². The Hall–Kier alpha value is -3.06. The lowest BCUT2D eigenvalue weighted by atomic mass is 9.96. The molecule has 1 N–H and O–H groups in total. The van der Waals surface area contributed by atoms with Crippen molar-refractivity contribution in [3.05, 3.63) is 64.3 Å². The maximum Gasteiger partial charge on any atom is 0.341 e. The van der Waals surface area contributed by atoms with Crippen molar-refractivity contribution in [2.45, 2.75) is 32.6 Å². The Bertz CT molecular complexity index is 1110. The number of ether oxygens (including phenoxy) is 1. The number of nitrogens with zero attached hydrogens (tertiary/aromatic N) is 3. The van der Waals surface area contributed by atoms with Gasteiger partial charge in [0.2, 0.25) is 0 Å². The predicted octanol–water partition coefficient (Wildman–Crippen LogP) is 5.13. The number of carbonyl (C=O) groups is 1. The molecule has 0 bridgehead atoms. The normalized spacial score (nSPS) is 12.9. The molecule has 0 radical (unpaired) electrons. The fourth-order valence-corrected chi connectivity index (χ4v) is 3.66. The fraction of sp³-hybridized carbons (Fsp3) is 0.273. The number of fused-ring (bicyclic) bond motifs is 1. The van der Waals surface area contributed by atoms with Gasteiger partial charge >= 0.3 is 5.97 Å². The van der Waals surface area contributed by atoms with Gasteiger partial charge < -0.3 is 10.1 Å². The summed E-state index contributed by atoms with van der Waals surface area (Å²) in [7, 11) is 0. The number of hydrogen-bond acceptors (Lipinski definition) is 6. The molecule has 30 heavy (non-hydrogen) atoms. The zero-order valence-electron chi connectivity index (χ0n) is 16.4. The number of carbonyl (C=O) groups excluding carboxylic acids is 1. The summed E-state index contributed by atoms with van der Waals surface area (Å²) in [5.74, 6) is -0.120. The van der Waals surface area contributed by atoms with E-state index in [9.17, 15) is 9.18 Å². The van der Waals surface area contributed by atoms with Gasteiger partial charge in [-0.2, -0.15) is 0 Å². The Kier molecular flexibility index (Phi) is 5.90. The highest BCUT2D eigenvalue weighted by Gasteiger charge is 2.22. The van der Waals surface area contributed by atoms with Crippen molar-refractivity contribution in [3.63, 3.8) is 0 Å². The molecular weight excluding hydrogens is 407 g/mol. The predicted molar refractivity (Wildman–Crippen MR) is 113 cm³/mol. The lowest BCUT2D eigenvalue weighted by Gasteiger charge is -2.21. The van der Waals surface area contributed by atoms with Crippen LogP contribution in [0.3, 0.4) is 0 Å². The van der Waals surface area contributed by atoms with E-state index in [1.165, 1.54) is 24.4 Å². The van der Waals surface area contributed by atoms with Gasteiger partial charge in [-0.1, -0.05) is 11.6 Å². The van der Waals surface area contributed by atoms with Crippen LogP contribution in [-0.4, -0.2) is 27.5 Å². The minimum absolute atomic E-state index is 0.235. The highest BCUT2D eigenvalue weighted by Crippen LogP contribution is 2.32. The molecule has 8 heteroatoms. The maximum absolute atomic E-state index is 14.5. The first-order valence-corrected chi connectivity index (χ1v) is 10.2. The number of nitrogens with one attached hydrogen (secondary N) is 1. The summed E-state index contributed by atoms with van der Waals surface area (Å²) < 4.78 is 19.6. The topological polar surface area (TPSA) is 77.0 Å². The molecule has 0 atom stereocenters. The third-order valence-electron chi connectivity index (χ3n) is 4.92. The first-order chi connectivity index (χ1) is 14.6. The number of pyridine rings is 1. The summed E-state index contributed by atoms with van der Waals surface area (Å²) in [5, 5.41) is 3.64. The largest absolute Gasteiger partial charge is 0.462 e. The Morgan fingerprint density at radius 1 is 1.23 bits per heavy atom. The van der Waals surface area contributed by atoms with Gasteiger partial charge in [0.25, 0.3) is 0 Å². The Balaban J connectivity index is 1.81. The van der Waals surface area contributed by atoms with E-state index in [4.69, 9.17) is 16.3 Å². The fourth-order valence-electron chi connectivity index (χ4n) is 3.49. The molecule has 0 unspecified atom stereocenters. The van der Waals surface area contributed by atoms with Gasteiger partial charge in [0.15, 0.2) is 5.82 Å². The molecule has 0 aliphatic heterocycles. The molecular formula is C22H20ClFN4O2. The molecule has 1 aromatic carbocycles. The van der Waals surface area contributed by atoms with Gasteiger partial charge in [0.1, 0.15) is 17.2 Å². The zero-order chi connectivity index (χ0) is 21.1. The summed E-state index contributed by atoms with van der Waals surface area (Å²) in [5.41, 5.74) is 2.91. The van der Waals surface area contributed by atoms with Crippen LogP contribution in [-0.2, 0) is 17.6 Å². The van der Waals surface area contributed by atoms with Crippen LogP contribution < -0.4 is 5.32 Å². The average Bonchev–Trinajstić information content (AvgIpc) is 2.76. The molecule has 6 nitrogen and oxygen atoms in total. The van der Waals surface area contributed by atoms with Crippen molar-refractivity contribution < 1.29 is 13.9 Å². The molecule has 1 aliphatic rings. The highest BCUT2D eigenvalue weighted by atomic mass is 35.5. The molecule has 2 aromatic heterocycles.